The highest BCUT2D eigenvalue weighted by Gasteiger charge is 2.19. The van der Waals surface area contributed by atoms with Crippen LogP contribution in [-0.2, 0) is 0 Å². The molecule has 0 bridgehead atoms. The second-order valence-electron chi connectivity index (χ2n) is 13.8. The Labute approximate surface area is 316 Å². The maximum atomic E-state index is 6.17. The van der Waals surface area contributed by atoms with Crippen LogP contribution in [0.2, 0.25) is 0 Å². The van der Waals surface area contributed by atoms with Crippen molar-refractivity contribution in [1.82, 2.24) is 19.9 Å². The van der Waals surface area contributed by atoms with Gasteiger partial charge in [0.1, 0.15) is 5.58 Å². The van der Waals surface area contributed by atoms with E-state index < -0.39 is 0 Å². The van der Waals surface area contributed by atoms with Gasteiger partial charge in [0.15, 0.2) is 17.5 Å². The molecule has 0 aliphatic rings. The van der Waals surface area contributed by atoms with Crippen molar-refractivity contribution >= 4 is 54.4 Å². The summed E-state index contributed by atoms with van der Waals surface area (Å²) in [6, 6.07) is 61.2. The minimum atomic E-state index is 0.633. The van der Waals surface area contributed by atoms with Crippen LogP contribution in [0.4, 0.5) is 0 Å². The second kappa shape index (κ2) is 12.6. The van der Waals surface area contributed by atoms with E-state index in [0.29, 0.717) is 23.2 Å². The quantitative estimate of drug-likeness (QED) is 0.179. The SMILES string of the molecule is c1ccc(-c2nc(-c3ccc4ccccc4c3)nc(-c3ccc(-c4ccc(-c5ccnc6oc7ccccc7c56)c5ccccc45)c4ccccc34)n2)cc1. The average Bonchev–Trinajstić information content (AvgIpc) is 3.65. The summed E-state index contributed by atoms with van der Waals surface area (Å²) in [5, 5.41) is 8.94. The molecule has 0 unspecified atom stereocenters. The van der Waals surface area contributed by atoms with Gasteiger partial charge in [0.05, 0.1) is 5.39 Å². The van der Waals surface area contributed by atoms with Gasteiger partial charge in [-0.1, -0.05) is 152 Å². The fourth-order valence-electron chi connectivity index (χ4n) is 8.04. The summed E-state index contributed by atoms with van der Waals surface area (Å²) in [5.41, 5.74) is 8.85. The van der Waals surface area contributed by atoms with Crippen LogP contribution in [0.15, 0.2) is 187 Å². The van der Waals surface area contributed by atoms with Crippen molar-refractivity contribution in [2.24, 2.45) is 0 Å². The Kier molecular flexibility index (Phi) is 7.10. The van der Waals surface area contributed by atoms with Gasteiger partial charge in [-0.15, -0.1) is 0 Å². The van der Waals surface area contributed by atoms with Gasteiger partial charge < -0.3 is 4.42 Å². The molecule has 5 nitrogen and oxygen atoms in total. The normalized spacial score (nSPS) is 11.6. The number of nitrogens with zero attached hydrogens (tertiary/aromatic N) is 4. The van der Waals surface area contributed by atoms with Crippen molar-refractivity contribution in [2.75, 3.05) is 0 Å². The van der Waals surface area contributed by atoms with E-state index in [1.807, 2.05) is 54.7 Å². The van der Waals surface area contributed by atoms with Gasteiger partial charge in [-0.3, -0.25) is 0 Å². The summed E-state index contributed by atoms with van der Waals surface area (Å²) in [6.45, 7) is 0. The Hall–Kier alpha value is -7.50. The van der Waals surface area contributed by atoms with Crippen molar-refractivity contribution in [3.8, 4) is 56.4 Å². The Morgan fingerprint density at radius 2 is 0.873 bits per heavy atom. The maximum absolute atomic E-state index is 6.17. The summed E-state index contributed by atoms with van der Waals surface area (Å²) in [7, 11) is 0. The molecule has 5 heteroatoms. The smallest absolute Gasteiger partial charge is 0.227 e. The van der Waals surface area contributed by atoms with E-state index >= 15 is 0 Å². The molecule has 0 saturated heterocycles. The Morgan fingerprint density at radius 3 is 1.58 bits per heavy atom. The third kappa shape index (κ3) is 5.17. The first-order valence-electron chi connectivity index (χ1n) is 18.4. The number of furan rings is 1. The summed E-state index contributed by atoms with van der Waals surface area (Å²) in [5.74, 6) is 1.91. The number of para-hydroxylation sites is 1. The van der Waals surface area contributed by atoms with E-state index in [0.717, 1.165) is 76.8 Å². The molecule has 256 valence electrons. The highest BCUT2D eigenvalue weighted by Crippen LogP contribution is 2.43. The summed E-state index contributed by atoms with van der Waals surface area (Å²) < 4.78 is 6.17. The van der Waals surface area contributed by atoms with E-state index in [-0.39, 0.29) is 0 Å². The lowest BCUT2D eigenvalue weighted by molar-refractivity contribution is 0.654. The number of hydrogen-bond donors (Lipinski definition) is 0. The van der Waals surface area contributed by atoms with E-state index in [9.17, 15) is 0 Å². The summed E-state index contributed by atoms with van der Waals surface area (Å²) >= 11 is 0. The molecule has 0 saturated carbocycles. The molecule has 55 heavy (non-hydrogen) atoms. The predicted molar refractivity (Wildman–Crippen MR) is 225 cm³/mol. The van der Waals surface area contributed by atoms with Crippen molar-refractivity contribution in [2.45, 2.75) is 0 Å². The lowest BCUT2D eigenvalue weighted by Gasteiger charge is -2.16. The molecule has 11 rings (SSSR count). The standard InChI is InChI=1S/C50H30N4O/c1-2-13-32(14-3-1)47-52-48(34-23-22-31-12-4-5-15-33(31)30-34)54-49(53-47)43-27-26-40(37-18-8-9-19-38(37)43)39-24-25-41(36-17-7-6-16-35(36)39)42-28-29-51-50-46(42)44-20-10-11-21-45(44)55-50/h1-30H. The molecular formula is C50H30N4O. The van der Waals surface area contributed by atoms with Gasteiger partial charge in [0.2, 0.25) is 5.71 Å². The molecule has 0 fully saturated rings. The van der Waals surface area contributed by atoms with Crippen molar-refractivity contribution in [3.05, 3.63) is 182 Å². The molecule has 0 aliphatic carbocycles. The average molecular weight is 703 g/mol. The zero-order chi connectivity index (χ0) is 36.3. The van der Waals surface area contributed by atoms with E-state index in [1.54, 1.807) is 0 Å². The first kappa shape index (κ1) is 31.1. The lowest BCUT2D eigenvalue weighted by atomic mass is 9.88. The first-order valence-corrected chi connectivity index (χ1v) is 18.4. The minimum Gasteiger partial charge on any atom is -0.438 e. The van der Waals surface area contributed by atoms with Crippen molar-refractivity contribution in [1.29, 1.82) is 0 Å². The molecule has 0 radical (unpaired) electrons. The summed E-state index contributed by atoms with van der Waals surface area (Å²) in [4.78, 5) is 19.9. The molecule has 0 spiro atoms. The predicted octanol–water partition coefficient (Wildman–Crippen LogP) is 13.0. The highest BCUT2D eigenvalue weighted by atomic mass is 16.3. The monoisotopic (exact) mass is 702 g/mol. The van der Waals surface area contributed by atoms with E-state index in [2.05, 4.69) is 132 Å². The number of rotatable bonds is 5. The third-order valence-electron chi connectivity index (χ3n) is 10.6. The largest absolute Gasteiger partial charge is 0.438 e. The number of pyridine rings is 1. The van der Waals surface area contributed by atoms with Crippen LogP contribution in [0.1, 0.15) is 0 Å². The highest BCUT2D eigenvalue weighted by molar-refractivity contribution is 6.17. The first-order chi connectivity index (χ1) is 27.3. The number of benzene rings is 8. The van der Waals surface area contributed by atoms with Crippen molar-refractivity contribution in [3.63, 3.8) is 0 Å². The summed E-state index contributed by atoms with van der Waals surface area (Å²) in [6.07, 6.45) is 1.84. The van der Waals surface area contributed by atoms with Crippen molar-refractivity contribution < 1.29 is 4.42 Å². The van der Waals surface area contributed by atoms with Gasteiger partial charge in [-0.2, -0.15) is 0 Å². The van der Waals surface area contributed by atoms with Crippen LogP contribution < -0.4 is 0 Å². The zero-order valence-electron chi connectivity index (χ0n) is 29.5. The molecule has 11 aromatic rings. The Morgan fingerprint density at radius 1 is 0.345 bits per heavy atom. The number of aromatic nitrogens is 4. The fraction of sp³-hybridized carbons (Fsp3) is 0. The zero-order valence-corrected chi connectivity index (χ0v) is 29.5. The van der Waals surface area contributed by atoms with E-state index in [4.69, 9.17) is 19.4 Å². The lowest BCUT2D eigenvalue weighted by Crippen LogP contribution is -2.01. The van der Waals surface area contributed by atoms with Crippen LogP contribution in [0, 0.1) is 0 Å². The van der Waals surface area contributed by atoms with Gasteiger partial charge in [-0.05, 0) is 78.8 Å². The number of fused-ring (bicyclic) bond motifs is 6. The molecule has 3 heterocycles. The molecule has 3 aromatic heterocycles. The van der Waals surface area contributed by atoms with Gasteiger partial charge in [0, 0.05) is 28.3 Å². The second-order valence-corrected chi connectivity index (χ2v) is 13.8. The third-order valence-corrected chi connectivity index (χ3v) is 10.6. The number of hydrogen-bond acceptors (Lipinski definition) is 5. The Bertz CT molecular complexity index is 3280. The molecule has 8 aromatic carbocycles. The molecule has 0 N–H and O–H groups in total. The van der Waals surface area contributed by atoms with E-state index in [1.165, 1.54) is 10.8 Å². The molecule has 0 atom stereocenters. The topological polar surface area (TPSA) is 64.7 Å². The van der Waals surface area contributed by atoms with Crippen LogP contribution in [-0.4, -0.2) is 19.9 Å². The maximum Gasteiger partial charge on any atom is 0.227 e. The van der Waals surface area contributed by atoms with Gasteiger partial charge in [0.25, 0.3) is 0 Å². The van der Waals surface area contributed by atoms with Crippen LogP contribution in [0.5, 0.6) is 0 Å². The van der Waals surface area contributed by atoms with Gasteiger partial charge in [-0.25, -0.2) is 19.9 Å². The van der Waals surface area contributed by atoms with Crippen LogP contribution in [0.3, 0.4) is 0 Å². The molecule has 0 amide bonds. The van der Waals surface area contributed by atoms with Gasteiger partial charge >= 0.3 is 0 Å². The molecule has 0 aliphatic heterocycles. The Balaban J connectivity index is 1.10. The molecular weight excluding hydrogens is 673 g/mol. The minimum absolute atomic E-state index is 0.633. The van der Waals surface area contributed by atoms with Crippen LogP contribution >= 0.6 is 0 Å². The van der Waals surface area contributed by atoms with Crippen LogP contribution in [0.25, 0.3) is 111 Å². The fourth-order valence-corrected chi connectivity index (χ4v) is 8.04.